The van der Waals surface area contributed by atoms with Crippen LogP contribution in [0.4, 0.5) is 11.6 Å². The molecule has 0 unspecified atom stereocenters. The largest absolute Gasteiger partial charge is 0.324 e. The zero-order valence-corrected chi connectivity index (χ0v) is 17.1. The molecule has 7 nitrogen and oxygen atoms in total. The summed E-state index contributed by atoms with van der Waals surface area (Å²) in [5.41, 5.74) is 6.47. The maximum absolute atomic E-state index is 8.91. The first-order chi connectivity index (χ1) is 14.0. The van der Waals surface area contributed by atoms with Gasteiger partial charge < -0.3 is 5.32 Å². The molecule has 0 radical (unpaired) electrons. The number of nitriles is 1. The number of nitrogens with one attached hydrogen (secondary N) is 1. The lowest BCUT2D eigenvalue weighted by atomic mass is 9.99. The number of fused-ring (bicyclic) bond motifs is 1. The maximum Gasteiger partial charge on any atom is 0.227 e. The number of hydrogen-bond acceptors (Lipinski definition) is 6. The smallest absolute Gasteiger partial charge is 0.227 e. The number of benzene rings is 1. The van der Waals surface area contributed by atoms with E-state index < -0.39 is 0 Å². The highest BCUT2D eigenvalue weighted by molar-refractivity contribution is 5.64. The van der Waals surface area contributed by atoms with E-state index in [1.165, 1.54) is 11.1 Å². The van der Waals surface area contributed by atoms with Crippen LogP contribution < -0.4 is 5.32 Å². The van der Waals surface area contributed by atoms with Gasteiger partial charge in [-0.2, -0.15) is 10.4 Å². The number of aryl methyl sites for hydroxylation is 1. The van der Waals surface area contributed by atoms with Gasteiger partial charge in [0, 0.05) is 42.8 Å². The summed E-state index contributed by atoms with van der Waals surface area (Å²) in [6.45, 7) is 8.44. The Morgan fingerprint density at radius 1 is 1.24 bits per heavy atom. The van der Waals surface area contributed by atoms with Crippen molar-refractivity contribution in [2.45, 2.75) is 39.8 Å². The van der Waals surface area contributed by atoms with Crippen molar-refractivity contribution in [2.75, 3.05) is 18.4 Å². The van der Waals surface area contributed by atoms with Crippen LogP contribution in [-0.2, 0) is 13.0 Å². The van der Waals surface area contributed by atoms with Gasteiger partial charge >= 0.3 is 0 Å². The molecule has 7 heteroatoms. The number of nitrogens with zero attached hydrogens (tertiary/aromatic N) is 6. The predicted molar refractivity (Wildman–Crippen MR) is 113 cm³/mol. The zero-order valence-electron chi connectivity index (χ0n) is 17.1. The van der Waals surface area contributed by atoms with Crippen LogP contribution in [0.25, 0.3) is 11.3 Å². The van der Waals surface area contributed by atoms with Crippen molar-refractivity contribution in [1.82, 2.24) is 24.6 Å². The van der Waals surface area contributed by atoms with Crippen LogP contribution in [0.5, 0.6) is 0 Å². The molecular weight excluding hydrogens is 362 g/mol. The second-order valence-electron chi connectivity index (χ2n) is 7.76. The lowest BCUT2D eigenvalue weighted by Crippen LogP contribution is -2.30. The second kappa shape index (κ2) is 8.02. The average molecular weight is 387 g/mol. The minimum Gasteiger partial charge on any atom is -0.324 e. The predicted octanol–water partition coefficient (Wildman–Crippen LogP) is 3.85. The van der Waals surface area contributed by atoms with Gasteiger partial charge in [0.15, 0.2) is 0 Å². The van der Waals surface area contributed by atoms with Gasteiger partial charge in [-0.05, 0) is 56.0 Å². The molecule has 4 rings (SSSR count). The van der Waals surface area contributed by atoms with Crippen molar-refractivity contribution < 1.29 is 0 Å². The summed E-state index contributed by atoms with van der Waals surface area (Å²) in [5, 5.41) is 16.7. The normalized spacial score (nSPS) is 13.9. The number of rotatable bonds is 5. The molecule has 0 spiro atoms. The van der Waals surface area contributed by atoms with Crippen LogP contribution in [0.15, 0.2) is 36.8 Å². The van der Waals surface area contributed by atoms with Crippen LogP contribution >= 0.6 is 0 Å². The Hall–Kier alpha value is -3.24. The molecule has 0 atom stereocenters. The highest BCUT2D eigenvalue weighted by Crippen LogP contribution is 2.26. The van der Waals surface area contributed by atoms with Gasteiger partial charge in [0.05, 0.1) is 24.5 Å². The molecule has 0 saturated heterocycles. The third-order valence-electron chi connectivity index (χ3n) is 5.22. The fourth-order valence-electron chi connectivity index (χ4n) is 3.59. The lowest BCUT2D eigenvalue weighted by Gasteiger charge is -2.26. The van der Waals surface area contributed by atoms with E-state index in [1.54, 1.807) is 0 Å². The minimum absolute atomic E-state index is 0.308. The number of aromatic nitrogens is 4. The van der Waals surface area contributed by atoms with Crippen LogP contribution in [0.3, 0.4) is 0 Å². The molecule has 0 aliphatic carbocycles. The first-order valence-electron chi connectivity index (χ1n) is 9.90. The zero-order chi connectivity index (χ0) is 20.4. The molecule has 0 fully saturated rings. The second-order valence-corrected chi connectivity index (χ2v) is 7.76. The standard InChI is InChI=1S/C22H25N7/c1-15(2)29-14-19(12-25-29)21-16(3)11-24-22(27-21)26-20-5-4-18-13-28(9-7-23)8-6-17(18)10-20/h4-5,10-12,14-15H,6,8-9,13H2,1-3H3,(H,24,26,27). The Labute approximate surface area is 171 Å². The fraction of sp³-hybridized carbons (Fsp3) is 0.364. The van der Waals surface area contributed by atoms with E-state index in [-0.39, 0.29) is 0 Å². The Bertz CT molecular complexity index is 1060. The van der Waals surface area contributed by atoms with Crippen molar-refractivity contribution >= 4 is 11.6 Å². The first kappa shape index (κ1) is 19.1. The van der Waals surface area contributed by atoms with E-state index in [9.17, 15) is 0 Å². The van der Waals surface area contributed by atoms with Crippen molar-refractivity contribution in [3.8, 4) is 17.3 Å². The van der Waals surface area contributed by atoms with E-state index in [2.05, 4.69) is 52.3 Å². The Kier molecular flexibility index (Phi) is 5.28. The Balaban J connectivity index is 1.55. The summed E-state index contributed by atoms with van der Waals surface area (Å²) in [4.78, 5) is 11.4. The molecular formula is C22H25N7. The molecule has 1 aromatic carbocycles. The molecule has 3 heterocycles. The van der Waals surface area contributed by atoms with Gasteiger partial charge in [0.2, 0.25) is 5.95 Å². The Morgan fingerprint density at radius 2 is 2.10 bits per heavy atom. The summed E-state index contributed by atoms with van der Waals surface area (Å²) in [6, 6.07) is 8.89. The fourth-order valence-corrected chi connectivity index (χ4v) is 3.59. The topological polar surface area (TPSA) is 82.7 Å². The quantitative estimate of drug-likeness (QED) is 0.670. The van der Waals surface area contributed by atoms with Crippen molar-refractivity contribution in [2.24, 2.45) is 0 Å². The third kappa shape index (κ3) is 4.13. The van der Waals surface area contributed by atoms with Crippen LogP contribution in [-0.4, -0.2) is 37.7 Å². The number of anilines is 2. The molecule has 3 aromatic rings. The highest BCUT2D eigenvalue weighted by Gasteiger charge is 2.16. The minimum atomic E-state index is 0.308. The summed E-state index contributed by atoms with van der Waals surface area (Å²) < 4.78 is 1.93. The molecule has 1 N–H and O–H groups in total. The van der Waals surface area contributed by atoms with Gasteiger partial charge in [-0.3, -0.25) is 9.58 Å². The molecule has 29 heavy (non-hydrogen) atoms. The van der Waals surface area contributed by atoms with Crippen LogP contribution in [0.1, 0.15) is 36.6 Å². The molecule has 1 aliphatic rings. The van der Waals surface area contributed by atoms with E-state index >= 15 is 0 Å². The molecule has 148 valence electrons. The van der Waals surface area contributed by atoms with Crippen LogP contribution in [0.2, 0.25) is 0 Å². The molecule has 2 aromatic heterocycles. The van der Waals surface area contributed by atoms with E-state index in [4.69, 9.17) is 10.2 Å². The maximum atomic E-state index is 8.91. The van der Waals surface area contributed by atoms with Crippen molar-refractivity contribution in [3.05, 3.63) is 53.5 Å². The summed E-state index contributed by atoms with van der Waals surface area (Å²) >= 11 is 0. The molecule has 0 amide bonds. The average Bonchev–Trinajstić information content (AvgIpc) is 3.20. The summed E-state index contributed by atoms with van der Waals surface area (Å²) in [7, 11) is 0. The SMILES string of the molecule is Cc1cnc(Nc2ccc3c(c2)CCN(CC#N)C3)nc1-c1cnn(C(C)C)c1. The summed E-state index contributed by atoms with van der Waals surface area (Å²) in [5.74, 6) is 0.574. The molecule has 1 aliphatic heterocycles. The van der Waals surface area contributed by atoms with Crippen molar-refractivity contribution in [1.29, 1.82) is 5.26 Å². The van der Waals surface area contributed by atoms with Gasteiger partial charge in [0.1, 0.15) is 0 Å². The lowest BCUT2D eigenvalue weighted by molar-refractivity contribution is 0.285. The molecule has 0 saturated carbocycles. The summed E-state index contributed by atoms with van der Waals surface area (Å²) in [6.07, 6.45) is 6.66. The van der Waals surface area contributed by atoms with E-state index in [0.717, 1.165) is 42.0 Å². The first-order valence-corrected chi connectivity index (χ1v) is 9.90. The van der Waals surface area contributed by atoms with Gasteiger partial charge in [-0.1, -0.05) is 6.07 Å². The number of hydrogen-bond donors (Lipinski definition) is 1. The molecule has 0 bridgehead atoms. The van der Waals surface area contributed by atoms with Gasteiger partial charge in [0.25, 0.3) is 0 Å². The third-order valence-corrected chi connectivity index (χ3v) is 5.22. The highest BCUT2D eigenvalue weighted by atomic mass is 15.3. The van der Waals surface area contributed by atoms with Crippen molar-refractivity contribution in [3.63, 3.8) is 0 Å². The van der Waals surface area contributed by atoms with Gasteiger partial charge in [-0.25, -0.2) is 9.97 Å². The Morgan fingerprint density at radius 3 is 2.86 bits per heavy atom. The van der Waals surface area contributed by atoms with E-state index in [1.807, 2.05) is 36.3 Å². The van der Waals surface area contributed by atoms with E-state index in [0.29, 0.717) is 18.5 Å². The monoisotopic (exact) mass is 387 g/mol. The van der Waals surface area contributed by atoms with Gasteiger partial charge in [-0.15, -0.1) is 0 Å². The van der Waals surface area contributed by atoms with Crippen LogP contribution in [0, 0.1) is 18.3 Å².